The van der Waals surface area contributed by atoms with Gasteiger partial charge in [-0.15, -0.1) is 0 Å². The van der Waals surface area contributed by atoms with Crippen LogP contribution in [0.3, 0.4) is 0 Å². The van der Waals surface area contributed by atoms with Crippen molar-refractivity contribution in [3.8, 4) is 5.75 Å². The largest absolute Gasteiger partial charge is 0.493 e. The first-order chi connectivity index (χ1) is 13.4. The highest BCUT2D eigenvalue weighted by Gasteiger charge is 2.21. The molecule has 0 aromatic heterocycles. The van der Waals surface area contributed by atoms with Gasteiger partial charge in [0.15, 0.2) is 0 Å². The molecule has 28 heavy (non-hydrogen) atoms. The summed E-state index contributed by atoms with van der Waals surface area (Å²) >= 11 is 3.46. The van der Waals surface area contributed by atoms with E-state index in [1.54, 1.807) is 18.2 Å². The molecule has 1 heterocycles. The number of carboxylic acids is 1. The highest BCUT2D eigenvalue weighted by Crippen LogP contribution is 2.22. The molecule has 2 aromatic carbocycles. The second-order valence-corrected chi connectivity index (χ2v) is 7.59. The molecule has 7 heteroatoms. The monoisotopic (exact) mass is 446 g/mol. The Balaban J connectivity index is 1.46. The van der Waals surface area contributed by atoms with Crippen LogP contribution in [0.15, 0.2) is 46.9 Å². The Kier molecular flexibility index (Phi) is 6.57. The van der Waals surface area contributed by atoms with Crippen molar-refractivity contribution in [1.82, 2.24) is 4.90 Å². The predicted octanol–water partition coefficient (Wildman–Crippen LogP) is 3.57. The minimum Gasteiger partial charge on any atom is -0.493 e. The molecule has 0 radical (unpaired) electrons. The summed E-state index contributed by atoms with van der Waals surface area (Å²) in [6.07, 6.45) is 0.337. The van der Waals surface area contributed by atoms with Crippen molar-refractivity contribution in [2.24, 2.45) is 0 Å². The topological polar surface area (TPSA) is 70.1 Å². The molecule has 0 saturated carbocycles. The molecule has 0 aliphatic carbocycles. The molecule has 148 valence electrons. The zero-order valence-corrected chi connectivity index (χ0v) is 17.3. The van der Waals surface area contributed by atoms with E-state index in [-0.39, 0.29) is 11.5 Å². The number of hydrogen-bond acceptors (Lipinski definition) is 4. The number of carboxylic acid groups (broad SMARTS) is 1. The van der Waals surface area contributed by atoms with Crippen LogP contribution in [-0.2, 0) is 4.79 Å². The van der Waals surface area contributed by atoms with Crippen LogP contribution in [0.5, 0.6) is 5.75 Å². The smallest absolute Gasteiger partial charge is 0.335 e. The Morgan fingerprint density at radius 1 is 1.11 bits per heavy atom. The van der Waals surface area contributed by atoms with Crippen molar-refractivity contribution in [2.75, 3.05) is 37.7 Å². The molecule has 6 nitrogen and oxygen atoms in total. The van der Waals surface area contributed by atoms with Crippen LogP contribution >= 0.6 is 15.9 Å². The van der Waals surface area contributed by atoms with Gasteiger partial charge in [0.2, 0.25) is 5.91 Å². The van der Waals surface area contributed by atoms with Gasteiger partial charge >= 0.3 is 5.97 Å². The van der Waals surface area contributed by atoms with E-state index in [0.717, 1.165) is 21.5 Å². The van der Waals surface area contributed by atoms with Crippen LogP contribution in [0.2, 0.25) is 0 Å². The lowest BCUT2D eigenvalue weighted by molar-refractivity contribution is -0.132. The number of benzene rings is 2. The second kappa shape index (κ2) is 9.10. The molecule has 1 aliphatic rings. The lowest BCUT2D eigenvalue weighted by Gasteiger charge is -2.36. The molecule has 1 saturated heterocycles. The lowest BCUT2D eigenvalue weighted by Crippen LogP contribution is -2.49. The number of amides is 1. The number of carbonyl (C=O) groups excluding carboxylic acids is 1. The van der Waals surface area contributed by atoms with Gasteiger partial charge in [-0.05, 0) is 48.9 Å². The number of carbonyl (C=O) groups is 2. The quantitative estimate of drug-likeness (QED) is 0.734. The number of aromatic carboxylic acids is 1. The summed E-state index contributed by atoms with van der Waals surface area (Å²) in [4.78, 5) is 27.5. The van der Waals surface area contributed by atoms with Crippen molar-refractivity contribution in [3.05, 3.63) is 58.1 Å². The third-order valence-electron chi connectivity index (χ3n) is 4.80. The zero-order valence-electron chi connectivity index (χ0n) is 15.7. The van der Waals surface area contributed by atoms with Crippen LogP contribution in [0, 0.1) is 6.92 Å². The second-order valence-electron chi connectivity index (χ2n) is 6.73. The van der Waals surface area contributed by atoms with E-state index in [4.69, 9.17) is 9.84 Å². The number of anilines is 1. The van der Waals surface area contributed by atoms with Crippen molar-refractivity contribution < 1.29 is 19.4 Å². The lowest BCUT2D eigenvalue weighted by atomic mass is 10.1. The Labute approximate surface area is 172 Å². The van der Waals surface area contributed by atoms with Gasteiger partial charge < -0.3 is 19.6 Å². The number of hydrogen-bond donors (Lipinski definition) is 1. The summed E-state index contributed by atoms with van der Waals surface area (Å²) in [5.41, 5.74) is 2.24. The van der Waals surface area contributed by atoms with Crippen LogP contribution in [-0.4, -0.2) is 54.7 Å². The summed E-state index contributed by atoms with van der Waals surface area (Å²) in [5.74, 6) is -0.0963. The zero-order chi connectivity index (χ0) is 20.1. The molecule has 0 unspecified atom stereocenters. The third kappa shape index (κ3) is 5.04. The first-order valence-electron chi connectivity index (χ1n) is 9.19. The van der Waals surface area contributed by atoms with Crippen LogP contribution in [0.1, 0.15) is 22.3 Å². The standard InChI is InChI=1S/C21H23BrN2O4/c1-15-13-18(5-6-19(15)22)28-12-7-20(25)24-10-8-23(9-11-24)17-4-2-3-16(14-17)21(26)27/h2-6,13-14H,7-12H2,1H3,(H,26,27). The molecule has 2 aromatic rings. The number of ether oxygens (including phenoxy) is 1. The molecule has 1 N–H and O–H groups in total. The Morgan fingerprint density at radius 3 is 2.54 bits per heavy atom. The van der Waals surface area contributed by atoms with Gasteiger partial charge in [-0.3, -0.25) is 4.79 Å². The molecule has 1 aliphatic heterocycles. The summed E-state index contributed by atoms with van der Waals surface area (Å²) < 4.78 is 6.73. The predicted molar refractivity (Wildman–Crippen MR) is 111 cm³/mol. The molecule has 0 bridgehead atoms. The van der Waals surface area contributed by atoms with E-state index < -0.39 is 5.97 Å². The van der Waals surface area contributed by atoms with E-state index in [0.29, 0.717) is 39.2 Å². The van der Waals surface area contributed by atoms with Crippen molar-refractivity contribution in [1.29, 1.82) is 0 Å². The summed E-state index contributed by atoms with van der Waals surface area (Å²) in [7, 11) is 0. The number of aryl methyl sites for hydroxylation is 1. The molecular weight excluding hydrogens is 424 g/mol. The van der Waals surface area contributed by atoms with Gasteiger partial charge in [0, 0.05) is 36.3 Å². The average molecular weight is 447 g/mol. The maximum atomic E-state index is 12.4. The van der Waals surface area contributed by atoms with Crippen LogP contribution in [0.4, 0.5) is 5.69 Å². The van der Waals surface area contributed by atoms with Crippen molar-refractivity contribution >= 4 is 33.5 Å². The van der Waals surface area contributed by atoms with E-state index in [1.807, 2.05) is 36.1 Å². The van der Waals surface area contributed by atoms with Crippen LogP contribution < -0.4 is 9.64 Å². The molecule has 3 rings (SSSR count). The fourth-order valence-corrected chi connectivity index (χ4v) is 3.42. The fourth-order valence-electron chi connectivity index (χ4n) is 3.17. The minimum atomic E-state index is -0.934. The van der Waals surface area contributed by atoms with E-state index in [1.165, 1.54) is 0 Å². The Bertz CT molecular complexity index is 863. The minimum absolute atomic E-state index is 0.0766. The van der Waals surface area contributed by atoms with Gasteiger partial charge in [0.1, 0.15) is 5.75 Å². The van der Waals surface area contributed by atoms with Gasteiger partial charge in [0.05, 0.1) is 18.6 Å². The Morgan fingerprint density at radius 2 is 1.86 bits per heavy atom. The van der Waals surface area contributed by atoms with Gasteiger partial charge in [-0.25, -0.2) is 4.79 Å². The first kappa shape index (κ1) is 20.2. The number of nitrogens with zero attached hydrogens (tertiary/aromatic N) is 2. The summed E-state index contributed by atoms with van der Waals surface area (Å²) in [6, 6.07) is 12.7. The maximum Gasteiger partial charge on any atom is 0.335 e. The first-order valence-corrected chi connectivity index (χ1v) is 9.98. The highest BCUT2D eigenvalue weighted by atomic mass is 79.9. The molecule has 1 fully saturated rings. The van der Waals surface area contributed by atoms with Crippen LogP contribution in [0.25, 0.3) is 0 Å². The van der Waals surface area contributed by atoms with Crippen molar-refractivity contribution in [2.45, 2.75) is 13.3 Å². The summed E-state index contributed by atoms with van der Waals surface area (Å²) in [5, 5.41) is 9.13. The van der Waals surface area contributed by atoms with E-state index in [9.17, 15) is 9.59 Å². The van der Waals surface area contributed by atoms with Gasteiger partial charge in [-0.2, -0.15) is 0 Å². The third-order valence-corrected chi connectivity index (χ3v) is 5.69. The van der Waals surface area contributed by atoms with E-state index >= 15 is 0 Å². The highest BCUT2D eigenvalue weighted by molar-refractivity contribution is 9.10. The van der Waals surface area contributed by atoms with Crippen molar-refractivity contribution in [3.63, 3.8) is 0 Å². The molecular formula is C21H23BrN2O4. The SMILES string of the molecule is Cc1cc(OCCC(=O)N2CCN(c3cccc(C(=O)O)c3)CC2)ccc1Br. The molecule has 0 spiro atoms. The summed E-state index contributed by atoms with van der Waals surface area (Å²) in [6.45, 7) is 4.94. The molecule has 0 atom stereocenters. The Hall–Kier alpha value is -2.54. The number of halogens is 1. The number of piperazine rings is 1. The van der Waals surface area contributed by atoms with Gasteiger partial charge in [0.25, 0.3) is 0 Å². The maximum absolute atomic E-state index is 12.4. The number of rotatable bonds is 6. The fraction of sp³-hybridized carbons (Fsp3) is 0.333. The molecule has 1 amide bonds. The van der Waals surface area contributed by atoms with E-state index in [2.05, 4.69) is 20.8 Å². The van der Waals surface area contributed by atoms with Gasteiger partial charge in [-0.1, -0.05) is 22.0 Å². The normalized spacial score (nSPS) is 14.1. The average Bonchev–Trinajstić information content (AvgIpc) is 2.71.